The number of aliphatic carboxylic acids is 2. The van der Waals surface area contributed by atoms with Gasteiger partial charge in [0.05, 0.1) is 37.9 Å². The Kier molecular flexibility index (Phi) is 35.1. The fourth-order valence-corrected chi connectivity index (χ4v) is 12.3. The number of carbonyl (C=O) groups is 2. The van der Waals surface area contributed by atoms with Gasteiger partial charge >= 0.3 is 0 Å². The van der Waals surface area contributed by atoms with Crippen molar-refractivity contribution in [2.75, 3.05) is 69.6 Å². The first-order valence-electron chi connectivity index (χ1n) is 25.1. The number of carboxylic acid groups (broad SMARTS) is 2. The molecule has 55 heteroatoms. The molecule has 5 aliphatic heterocycles. The smallest absolute Gasteiger partial charge is 0.217 e. The fourth-order valence-electron chi connectivity index (χ4n) is 9.95. The summed E-state index contributed by atoms with van der Waals surface area (Å²) in [5, 5.41) is 83.5. The second kappa shape index (κ2) is 39.6. The zero-order valence-corrected chi connectivity index (χ0v) is 53.7. The van der Waals surface area contributed by atoms with Crippen LogP contribution in [0.3, 0.4) is 0 Å². The Morgan fingerprint density at radius 3 is 0.968 bits per heavy atom. The average molecular weight is 1500 g/mol. The van der Waals surface area contributed by atoms with E-state index in [1.54, 1.807) is 0 Å². The van der Waals surface area contributed by atoms with Gasteiger partial charge < -0.3 is 130 Å². The first kappa shape index (κ1) is 82.3. The number of methoxy groups -OCH3 is 7. The molecule has 0 bridgehead atoms. The number of hydrogen-bond donors (Lipinski definition) is 0. The van der Waals surface area contributed by atoms with Crippen LogP contribution in [0, 0.1) is 5.92 Å². The molecule has 93 heavy (non-hydrogen) atoms. The molecule has 10 unspecified atom stereocenters. The van der Waals surface area contributed by atoms with E-state index in [0.29, 0.717) is 0 Å². The summed E-state index contributed by atoms with van der Waals surface area (Å²) >= 11 is -1.25. The highest BCUT2D eigenvalue weighted by Crippen LogP contribution is 2.42. The van der Waals surface area contributed by atoms with Crippen LogP contribution in [0.5, 0.6) is 0 Å². The SMILES string of the molecule is COC1C(OC)[C@H](O[C@H]2O[C@@H](COS(=O)(=O)[O-])[C@@H](O[C@@H]3OC(C(=O)[O-])[C@@H](O[C@H]4OC(COS(=O)(=O)[O-])[C@@H](OC)[C@H](OC)C4C)[C@H](OC)C3OC)C(OSOO[O-])C2OSOO[O-])[C@H](C(=O)[O-])O[C@H]1O[C@@H]1C(COS(=O)(=O)[O-])O[C@H](OC)C(OSOO[O-])[C@H]1OSOO[O-]. The third-order valence-corrected chi connectivity index (χ3v) is 16.5. The predicted molar refractivity (Wildman–Crippen MR) is 259 cm³/mol. The molecule has 5 fully saturated rings. The van der Waals surface area contributed by atoms with Gasteiger partial charge in [0.2, 0.25) is 31.2 Å². The maximum atomic E-state index is 13.3. The Balaban J connectivity index is 1.58. The highest BCUT2D eigenvalue weighted by Gasteiger charge is 2.60. The summed E-state index contributed by atoms with van der Waals surface area (Å²) in [6, 6.07) is 0. The minimum absolute atomic E-state index is 0.203. The summed E-state index contributed by atoms with van der Waals surface area (Å²) in [7, 11) is -9.58. The second-order valence-electron chi connectivity index (χ2n) is 18.5. The van der Waals surface area contributed by atoms with Gasteiger partial charge in [-0.25, -0.2) is 25.3 Å². The lowest BCUT2D eigenvalue weighted by Crippen LogP contribution is -2.70. The highest BCUT2D eigenvalue weighted by atomic mass is 32.3. The quantitative estimate of drug-likeness (QED) is 0.0137. The molecule has 5 rings (SSSR count). The Bertz CT molecular complexity index is 2550. The van der Waals surface area contributed by atoms with E-state index in [0.717, 1.165) is 35.5 Å². The summed E-state index contributed by atoms with van der Waals surface area (Å²) in [4.78, 5) is 26.5. The number of ether oxygens (including phenoxy) is 16. The Morgan fingerprint density at radius 2 is 0.645 bits per heavy atom. The van der Waals surface area contributed by atoms with Gasteiger partial charge in [-0.1, -0.05) is 6.92 Å². The van der Waals surface area contributed by atoms with Gasteiger partial charge in [-0.2, -0.15) is 0 Å². The van der Waals surface area contributed by atoms with Crippen LogP contribution in [-0.2, 0) is 183 Å². The van der Waals surface area contributed by atoms with Crippen molar-refractivity contribution in [2.45, 2.75) is 154 Å². The van der Waals surface area contributed by atoms with E-state index >= 15 is 0 Å². The third-order valence-electron chi connectivity index (χ3n) is 13.6. The summed E-state index contributed by atoms with van der Waals surface area (Å²) in [6.07, 6.45) is -47.7. The summed E-state index contributed by atoms with van der Waals surface area (Å²) in [6.45, 7) is -2.34. The van der Waals surface area contributed by atoms with Crippen LogP contribution in [0.4, 0.5) is 0 Å². The van der Waals surface area contributed by atoms with Crippen LogP contribution >= 0.6 is 49.3 Å². The Morgan fingerprint density at radius 1 is 0.355 bits per heavy atom. The lowest BCUT2D eigenvalue weighted by Gasteiger charge is -2.52. The molecule has 5 saturated heterocycles. The van der Waals surface area contributed by atoms with Crippen molar-refractivity contribution in [1.29, 1.82) is 0 Å². The van der Waals surface area contributed by atoms with Crippen LogP contribution in [0.2, 0.25) is 0 Å². The molecule has 0 aliphatic carbocycles. The van der Waals surface area contributed by atoms with Gasteiger partial charge in [0.25, 0.3) is 0 Å². The average Bonchev–Trinajstić information content (AvgIpc) is 0.772. The molecule has 5 heterocycles. The summed E-state index contributed by atoms with van der Waals surface area (Å²) < 4.78 is 251. The van der Waals surface area contributed by atoms with Crippen molar-refractivity contribution in [2.24, 2.45) is 5.92 Å². The van der Waals surface area contributed by atoms with E-state index in [2.05, 4.69) is 50.0 Å². The largest absolute Gasteiger partial charge is 0.726 e. The van der Waals surface area contributed by atoms with Crippen molar-refractivity contribution < 1.29 is 222 Å². The summed E-state index contributed by atoms with van der Waals surface area (Å²) in [5.74, 6) is -5.33. The number of carboxylic acids is 2. The number of carbonyl (C=O) groups excluding carboxylic acids is 2. The molecule has 0 aromatic carbocycles. The zero-order valence-electron chi connectivity index (χ0n) is 48.0. The van der Waals surface area contributed by atoms with E-state index < -0.39 is 241 Å². The molecule has 0 N–H and O–H groups in total. The van der Waals surface area contributed by atoms with E-state index in [1.165, 1.54) is 21.1 Å². The van der Waals surface area contributed by atoms with Gasteiger partial charge in [0, 0.05) is 55.7 Å². The van der Waals surface area contributed by atoms with Gasteiger partial charge in [-0.15, -0.1) is 17.3 Å². The maximum absolute atomic E-state index is 13.3. The molecule has 0 amide bonds. The van der Waals surface area contributed by atoms with E-state index in [4.69, 9.17) is 92.5 Å². The Labute approximate surface area is 542 Å². The highest BCUT2D eigenvalue weighted by molar-refractivity contribution is 7.90. The minimum Gasteiger partial charge on any atom is -0.726 e. The molecule has 5 aliphatic rings. The third kappa shape index (κ3) is 23.4. The van der Waals surface area contributed by atoms with Gasteiger partial charge in [-0.3, -0.25) is 49.4 Å². The first-order chi connectivity index (χ1) is 44.1. The molecule has 0 saturated carbocycles. The molecular weight excluding hydrogens is 1450 g/mol. The van der Waals surface area contributed by atoms with Crippen LogP contribution in [0.1, 0.15) is 6.92 Å². The lowest BCUT2D eigenvalue weighted by atomic mass is 9.91. The van der Waals surface area contributed by atoms with Crippen LogP contribution in [0.25, 0.3) is 0 Å². The van der Waals surface area contributed by atoms with Crippen molar-refractivity contribution in [1.82, 2.24) is 0 Å². The van der Waals surface area contributed by atoms with E-state index in [1.807, 2.05) is 0 Å². The molecule has 48 nitrogen and oxygen atoms in total. The zero-order chi connectivity index (χ0) is 69.0. The lowest BCUT2D eigenvalue weighted by molar-refractivity contribution is -0.778. The number of rotatable bonds is 42. The molecule has 0 aromatic rings. The molecule has 25 atom stereocenters. The molecule has 0 aromatic heterocycles. The van der Waals surface area contributed by atoms with Crippen molar-refractivity contribution >= 4 is 92.4 Å². The molecule has 0 radical (unpaired) electrons. The molecule has 0 spiro atoms. The predicted octanol–water partition coefficient (Wildman–Crippen LogP) is -10.9. The second-order valence-corrected chi connectivity index (χ2v) is 23.5. The standard InChI is InChI=1S/C38H64O48S7/c1-12-16(56-2)17(57-3)13(9-63-91(47,48)49)66-34(12)71-22-20(58-4)28(60-6)36(73-26(22)32(39)40)70-19-15(11-65-93(53,54)55)68-38(31(78-90-86-82-46)25(19)76-88-84-80-44)72-23-21(59-5)29(61-7)37(74-27(23)33(41)42)69-18-14(10-64-92(50,51)52)67-35(62-8)30(77-89-85-81-45)24(18)75-87-83-79-43/h12-31,34-38,43-46H,9-11H2,1-8H3,(H,39,40)(H,41,42)(H,47,48,49)(H,50,51,52)(H,53,54,55)/p-9/t12?,13?,14?,15-,16+,17+,18+,19+,20-,21?,22-,23-,24-,25?,26?,27+,28?,29?,30?,31?,34+,35-,36+,37+,38+/m0/s1. The normalized spacial score (nSPS) is 37.2. The minimum atomic E-state index is -5.82. The fraction of sp³-hybridized carbons (Fsp3) is 0.947. The summed E-state index contributed by atoms with van der Waals surface area (Å²) in [5.41, 5.74) is 0. The van der Waals surface area contributed by atoms with Gasteiger partial charge in [0.1, 0.15) is 97.7 Å². The first-order valence-corrected chi connectivity index (χ1v) is 31.8. The van der Waals surface area contributed by atoms with Gasteiger partial charge in [-0.05, 0) is 0 Å². The van der Waals surface area contributed by atoms with Crippen LogP contribution < -0.4 is 31.2 Å². The molecule has 546 valence electrons. The monoisotopic (exact) mass is 1500 g/mol. The topological polar surface area (TPSA) is 630 Å². The van der Waals surface area contributed by atoms with E-state index in [-0.39, 0.29) is 24.6 Å². The van der Waals surface area contributed by atoms with Gasteiger partial charge in [0.15, 0.2) is 93.0 Å². The Hall–Kier alpha value is -1.33. The van der Waals surface area contributed by atoms with Crippen LogP contribution in [-0.4, -0.2) is 268 Å². The van der Waals surface area contributed by atoms with E-state index in [9.17, 15) is 79.7 Å². The van der Waals surface area contributed by atoms with Crippen molar-refractivity contribution in [3.8, 4) is 0 Å². The maximum Gasteiger partial charge on any atom is 0.217 e. The van der Waals surface area contributed by atoms with Crippen molar-refractivity contribution in [3.05, 3.63) is 0 Å². The number of hydrogen-bond acceptors (Lipinski definition) is 52. The molecular formula is C38H55O48S7-9. The van der Waals surface area contributed by atoms with Crippen LogP contribution in [0.15, 0.2) is 0 Å². The van der Waals surface area contributed by atoms with Crippen molar-refractivity contribution in [3.63, 3.8) is 0 Å².